The lowest BCUT2D eigenvalue weighted by Gasteiger charge is -2.01. The summed E-state index contributed by atoms with van der Waals surface area (Å²) in [6.07, 6.45) is 0. The van der Waals surface area contributed by atoms with Gasteiger partial charge in [-0.3, -0.25) is 0 Å². The molecule has 0 heterocycles. The highest BCUT2D eigenvalue weighted by molar-refractivity contribution is 7.97. The van der Waals surface area contributed by atoms with Crippen LogP contribution in [0.2, 0.25) is 0 Å². The van der Waals surface area contributed by atoms with Crippen molar-refractivity contribution in [2.45, 2.75) is 4.90 Å². The summed E-state index contributed by atoms with van der Waals surface area (Å²) in [5.74, 6) is 0. The second-order valence-electron chi connectivity index (χ2n) is 1.96. The molecule has 0 radical (unpaired) electrons. The minimum Gasteiger partial charge on any atom is -0.302 e. The van der Waals surface area contributed by atoms with Crippen molar-refractivity contribution < 1.29 is 18.3 Å². The van der Waals surface area contributed by atoms with E-state index >= 15 is 0 Å². The van der Waals surface area contributed by atoms with Gasteiger partial charge in [0.1, 0.15) is 0 Å². The van der Waals surface area contributed by atoms with Gasteiger partial charge in [0, 0.05) is 16.9 Å². The van der Waals surface area contributed by atoms with E-state index in [1.54, 1.807) is 24.3 Å². The lowest BCUT2D eigenvalue weighted by molar-refractivity contribution is 0.298. The molecule has 0 amide bonds. The van der Waals surface area contributed by atoms with E-state index < -0.39 is 7.82 Å². The highest BCUT2D eigenvalue weighted by Gasteiger charge is 2.14. The first-order valence-corrected chi connectivity index (χ1v) is 5.32. The van der Waals surface area contributed by atoms with Crippen molar-refractivity contribution >= 4 is 19.9 Å². The van der Waals surface area contributed by atoms with E-state index in [9.17, 15) is 4.57 Å². The fraction of sp³-hybridized carbons (Fsp3) is 0. The predicted octanol–water partition coefficient (Wildman–Crippen LogP) is 1.80. The van der Waals surface area contributed by atoms with E-state index in [0.717, 1.165) is 0 Å². The molecule has 66 valence electrons. The van der Waals surface area contributed by atoms with E-state index in [1.165, 1.54) is 0 Å². The van der Waals surface area contributed by atoms with Crippen LogP contribution in [0.5, 0.6) is 0 Å². The molecule has 0 bridgehead atoms. The van der Waals surface area contributed by atoms with Gasteiger partial charge in [-0.25, -0.2) is 8.54 Å². The lowest BCUT2D eigenvalue weighted by atomic mass is 10.4. The average Bonchev–Trinajstić information content (AvgIpc) is 2.02. The van der Waals surface area contributed by atoms with Crippen LogP contribution in [0.3, 0.4) is 0 Å². The maximum atomic E-state index is 10.3. The highest BCUT2D eigenvalue weighted by Crippen LogP contribution is 2.43. The van der Waals surface area contributed by atoms with Crippen LogP contribution in [0.25, 0.3) is 0 Å². The molecule has 1 aromatic rings. The van der Waals surface area contributed by atoms with Crippen LogP contribution in [0, 0.1) is 0 Å². The molecule has 0 aliphatic heterocycles. The number of benzene rings is 1. The van der Waals surface area contributed by atoms with E-state index in [0.29, 0.717) is 16.9 Å². The molecule has 2 N–H and O–H groups in total. The Morgan fingerprint density at radius 2 is 1.83 bits per heavy atom. The van der Waals surface area contributed by atoms with Gasteiger partial charge in [-0.05, 0) is 12.1 Å². The van der Waals surface area contributed by atoms with E-state index in [4.69, 9.17) is 9.79 Å². The molecule has 12 heavy (non-hydrogen) atoms. The molecule has 1 aromatic carbocycles. The molecule has 0 atom stereocenters. The Labute approximate surface area is 74.0 Å². The van der Waals surface area contributed by atoms with Gasteiger partial charge in [0.05, 0.1) is 0 Å². The summed E-state index contributed by atoms with van der Waals surface area (Å²) in [7, 11) is -4.37. The number of hydrogen-bond donors (Lipinski definition) is 2. The molecule has 0 aliphatic rings. The SMILES string of the molecule is O=P(O)(O)OSc1ccccc1. The fourth-order valence-corrected chi connectivity index (χ4v) is 1.57. The smallest absolute Gasteiger partial charge is 0.302 e. The Hall–Kier alpha value is -0.320. The Morgan fingerprint density at radius 3 is 2.33 bits per heavy atom. The van der Waals surface area contributed by atoms with Crippen molar-refractivity contribution in [3.8, 4) is 0 Å². The van der Waals surface area contributed by atoms with E-state index in [-0.39, 0.29) is 0 Å². The third-order valence-corrected chi connectivity index (χ3v) is 2.51. The maximum Gasteiger partial charge on any atom is 0.481 e. The Bertz CT molecular complexity index is 283. The van der Waals surface area contributed by atoms with Crippen molar-refractivity contribution in [3.05, 3.63) is 30.3 Å². The summed E-state index contributed by atoms with van der Waals surface area (Å²) in [6, 6.07) is 8.71. The summed E-state index contributed by atoms with van der Waals surface area (Å²) < 4.78 is 14.5. The third-order valence-electron chi connectivity index (χ3n) is 0.974. The zero-order chi connectivity index (χ0) is 9.03. The molecule has 0 aliphatic carbocycles. The zero-order valence-electron chi connectivity index (χ0n) is 5.95. The van der Waals surface area contributed by atoms with Gasteiger partial charge in [0.25, 0.3) is 0 Å². The molecular weight excluding hydrogens is 199 g/mol. The third kappa shape index (κ3) is 3.90. The van der Waals surface area contributed by atoms with Crippen molar-refractivity contribution in [2.75, 3.05) is 0 Å². The molecule has 0 saturated heterocycles. The van der Waals surface area contributed by atoms with Gasteiger partial charge in [0.15, 0.2) is 0 Å². The zero-order valence-corrected chi connectivity index (χ0v) is 7.66. The normalized spacial score (nSPS) is 11.5. The summed E-state index contributed by atoms with van der Waals surface area (Å²) >= 11 is 0.664. The first-order chi connectivity index (χ1) is 5.58. The van der Waals surface area contributed by atoms with Crippen LogP contribution >= 0.6 is 19.9 Å². The monoisotopic (exact) mass is 206 g/mol. The largest absolute Gasteiger partial charge is 0.481 e. The molecule has 0 aromatic heterocycles. The van der Waals surface area contributed by atoms with E-state index in [2.05, 4.69) is 3.97 Å². The van der Waals surface area contributed by atoms with Gasteiger partial charge in [0.2, 0.25) is 0 Å². The number of phosphoric acid groups is 1. The minimum absolute atomic E-state index is 0.654. The van der Waals surface area contributed by atoms with E-state index in [1.807, 2.05) is 6.07 Å². The molecule has 1 rings (SSSR count). The predicted molar refractivity (Wildman–Crippen MR) is 45.4 cm³/mol. The molecule has 0 saturated carbocycles. The summed E-state index contributed by atoms with van der Waals surface area (Å²) in [4.78, 5) is 17.3. The van der Waals surface area contributed by atoms with Crippen molar-refractivity contribution in [2.24, 2.45) is 0 Å². The quantitative estimate of drug-likeness (QED) is 0.583. The van der Waals surface area contributed by atoms with Gasteiger partial charge in [-0.1, -0.05) is 18.2 Å². The minimum atomic E-state index is -4.37. The summed E-state index contributed by atoms with van der Waals surface area (Å²) in [5, 5.41) is 0. The summed E-state index contributed by atoms with van der Waals surface area (Å²) in [5.41, 5.74) is 0. The van der Waals surface area contributed by atoms with Crippen molar-refractivity contribution in [1.29, 1.82) is 0 Å². The van der Waals surface area contributed by atoms with Crippen molar-refractivity contribution in [3.63, 3.8) is 0 Å². The number of rotatable bonds is 3. The molecular formula is C6H7O4PS. The van der Waals surface area contributed by atoms with Crippen LogP contribution in [0.15, 0.2) is 35.2 Å². The standard InChI is InChI=1S/C6H7O4PS/c7-11(8,9)10-12-6-4-2-1-3-5-6/h1-5H,(H2,7,8,9). The molecule has 6 heteroatoms. The van der Waals surface area contributed by atoms with Gasteiger partial charge in [-0.15, -0.1) is 0 Å². The molecule has 0 unspecified atom stereocenters. The first kappa shape index (κ1) is 9.77. The lowest BCUT2D eigenvalue weighted by Crippen LogP contribution is -1.77. The van der Waals surface area contributed by atoms with Crippen LogP contribution in [-0.2, 0) is 8.54 Å². The molecule has 4 nitrogen and oxygen atoms in total. The maximum absolute atomic E-state index is 10.3. The van der Waals surface area contributed by atoms with Gasteiger partial charge < -0.3 is 9.79 Å². The average molecular weight is 206 g/mol. The number of hydrogen-bond acceptors (Lipinski definition) is 3. The molecule has 0 spiro atoms. The van der Waals surface area contributed by atoms with Gasteiger partial charge in [-0.2, -0.15) is 0 Å². The first-order valence-electron chi connectivity index (χ1n) is 3.05. The Kier molecular flexibility index (Phi) is 3.31. The molecule has 0 fully saturated rings. The summed E-state index contributed by atoms with van der Waals surface area (Å²) in [6.45, 7) is 0. The topological polar surface area (TPSA) is 66.8 Å². The van der Waals surface area contributed by atoms with Gasteiger partial charge >= 0.3 is 7.82 Å². The van der Waals surface area contributed by atoms with Crippen LogP contribution in [-0.4, -0.2) is 9.79 Å². The Balaban J connectivity index is 2.50. The Morgan fingerprint density at radius 1 is 1.25 bits per heavy atom. The highest BCUT2D eigenvalue weighted by atomic mass is 32.2. The second kappa shape index (κ2) is 4.07. The fourth-order valence-electron chi connectivity index (χ4n) is 0.568. The van der Waals surface area contributed by atoms with Crippen molar-refractivity contribution in [1.82, 2.24) is 0 Å². The second-order valence-corrected chi connectivity index (χ2v) is 4.18. The van der Waals surface area contributed by atoms with Crippen LogP contribution in [0.1, 0.15) is 0 Å². The van der Waals surface area contributed by atoms with Crippen LogP contribution in [0.4, 0.5) is 0 Å². The van der Waals surface area contributed by atoms with Crippen LogP contribution < -0.4 is 0 Å².